The summed E-state index contributed by atoms with van der Waals surface area (Å²) in [6.07, 6.45) is 3.41. The third-order valence-electron chi connectivity index (χ3n) is 8.06. The van der Waals surface area contributed by atoms with Crippen LogP contribution >= 0.6 is 0 Å². The van der Waals surface area contributed by atoms with Crippen LogP contribution in [0.15, 0.2) is 29.2 Å². The molecular weight excluding hydrogens is 465 g/mol. The summed E-state index contributed by atoms with van der Waals surface area (Å²) in [5.74, 6) is 2.09. The van der Waals surface area contributed by atoms with Crippen molar-refractivity contribution in [2.24, 2.45) is 23.7 Å². The van der Waals surface area contributed by atoms with Crippen molar-refractivity contribution in [3.05, 3.63) is 29.8 Å². The van der Waals surface area contributed by atoms with Crippen LogP contribution in [0, 0.1) is 23.7 Å². The van der Waals surface area contributed by atoms with E-state index in [1.165, 1.54) is 35.7 Å². The van der Waals surface area contributed by atoms with E-state index >= 15 is 0 Å². The fourth-order valence-corrected chi connectivity index (χ4v) is 8.18. The maximum atomic E-state index is 13.4. The molecule has 1 aromatic rings. The Morgan fingerprint density at radius 2 is 1.79 bits per heavy atom. The van der Waals surface area contributed by atoms with Gasteiger partial charge in [-0.1, -0.05) is 25.5 Å². The molecule has 5 nitrogen and oxygen atoms in total. The fourth-order valence-electron chi connectivity index (χ4n) is 6.25. The molecule has 1 N–H and O–H groups in total. The average Bonchev–Trinajstić information content (AvgIpc) is 3.21. The van der Waals surface area contributed by atoms with Crippen LogP contribution in [0.25, 0.3) is 0 Å². The number of halogens is 3. The number of benzene rings is 1. The van der Waals surface area contributed by atoms with E-state index in [1.54, 1.807) is 0 Å². The van der Waals surface area contributed by atoms with E-state index in [-0.39, 0.29) is 18.4 Å². The molecule has 1 aliphatic heterocycles. The van der Waals surface area contributed by atoms with Gasteiger partial charge in [0.2, 0.25) is 15.9 Å². The molecule has 1 amide bonds. The minimum Gasteiger partial charge on any atom is -0.356 e. The number of rotatable bonds is 7. The van der Waals surface area contributed by atoms with E-state index in [0.29, 0.717) is 37.6 Å². The molecule has 0 aromatic heterocycles. The first-order chi connectivity index (χ1) is 16.1. The van der Waals surface area contributed by atoms with Crippen molar-refractivity contribution in [2.45, 2.75) is 81.8 Å². The minimum absolute atomic E-state index is 0.00160. The Hall–Kier alpha value is -1.61. The van der Waals surface area contributed by atoms with Gasteiger partial charge in [0.15, 0.2) is 0 Å². The van der Waals surface area contributed by atoms with Crippen LogP contribution in [-0.4, -0.2) is 37.8 Å². The molecule has 5 rings (SSSR count). The lowest BCUT2D eigenvalue weighted by Crippen LogP contribution is -2.41. The van der Waals surface area contributed by atoms with Crippen molar-refractivity contribution in [3.8, 4) is 0 Å². The number of carbonyl (C=O) groups is 1. The van der Waals surface area contributed by atoms with Gasteiger partial charge in [0.25, 0.3) is 0 Å². The minimum atomic E-state index is -4.75. The zero-order valence-electron chi connectivity index (χ0n) is 19.7. The number of amides is 1. The molecule has 34 heavy (non-hydrogen) atoms. The number of hydrogen-bond donors (Lipinski definition) is 1. The second kappa shape index (κ2) is 10.2. The molecule has 2 bridgehead atoms. The van der Waals surface area contributed by atoms with Gasteiger partial charge in [0.05, 0.1) is 10.5 Å². The first-order valence-corrected chi connectivity index (χ1v) is 14.0. The highest BCUT2D eigenvalue weighted by molar-refractivity contribution is 7.89. The van der Waals surface area contributed by atoms with Crippen LogP contribution in [0.4, 0.5) is 13.2 Å². The Balaban J connectivity index is 1.38. The zero-order valence-corrected chi connectivity index (χ0v) is 20.5. The van der Waals surface area contributed by atoms with Crippen molar-refractivity contribution < 1.29 is 26.4 Å². The highest BCUT2D eigenvalue weighted by atomic mass is 32.2. The van der Waals surface area contributed by atoms with Crippen molar-refractivity contribution in [1.82, 2.24) is 9.62 Å². The number of nitrogens with zero attached hydrogens (tertiary/aromatic N) is 1. The van der Waals surface area contributed by atoms with Crippen molar-refractivity contribution in [1.29, 1.82) is 0 Å². The molecule has 190 valence electrons. The Morgan fingerprint density at radius 1 is 1.09 bits per heavy atom. The Labute approximate surface area is 200 Å². The molecule has 9 heteroatoms. The third-order valence-corrected chi connectivity index (χ3v) is 10.1. The standard InChI is InChI=1S/C25H35F3N2O3S/c1-2-17-12-18-13-19(14-18)16-20(15-17)24(31)29-10-9-21-6-5-11-30(21)34(32,33)23-8-4-3-7-22(23)25(26,27)28/h3-4,7-8,17-21H,2,5-6,9-16H2,1H3,(H,29,31)/t17-,18?,19?,20+,21?/m0/s1. The molecule has 1 heterocycles. The first kappa shape index (κ1) is 25.5. The van der Waals surface area contributed by atoms with Crippen LogP contribution in [0.2, 0.25) is 0 Å². The van der Waals surface area contributed by atoms with Crippen molar-refractivity contribution >= 4 is 15.9 Å². The highest BCUT2D eigenvalue weighted by Crippen LogP contribution is 2.46. The van der Waals surface area contributed by atoms with Crippen LogP contribution in [0.3, 0.4) is 0 Å². The number of nitrogens with one attached hydrogen (secondary N) is 1. The number of alkyl halides is 3. The molecule has 3 atom stereocenters. The molecule has 1 saturated heterocycles. The lowest BCUT2D eigenvalue weighted by molar-refractivity contribution is -0.140. The zero-order chi connectivity index (χ0) is 24.5. The molecule has 0 spiro atoms. The van der Waals surface area contributed by atoms with Crippen LogP contribution in [0.1, 0.15) is 70.3 Å². The molecule has 1 aromatic carbocycles. The van der Waals surface area contributed by atoms with Gasteiger partial charge in [0.1, 0.15) is 0 Å². The van der Waals surface area contributed by atoms with Crippen LogP contribution in [-0.2, 0) is 21.0 Å². The largest absolute Gasteiger partial charge is 0.417 e. The van der Waals surface area contributed by atoms with Crippen LogP contribution < -0.4 is 5.32 Å². The lowest BCUT2D eigenvalue weighted by Gasteiger charge is -2.42. The third kappa shape index (κ3) is 5.45. The van der Waals surface area contributed by atoms with Gasteiger partial charge in [-0.3, -0.25) is 4.79 Å². The van der Waals surface area contributed by atoms with Crippen molar-refractivity contribution in [3.63, 3.8) is 0 Å². The van der Waals surface area contributed by atoms with E-state index in [0.717, 1.165) is 37.3 Å². The van der Waals surface area contributed by atoms with Gasteiger partial charge < -0.3 is 5.32 Å². The van der Waals surface area contributed by atoms with E-state index in [4.69, 9.17) is 0 Å². The molecule has 4 aliphatic rings. The summed E-state index contributed by atoms with van der Waals surface area (Å²) in [7, 11) is -4.29. The molecular formula is C25H35F3N2O3S. The summed E-state index contributed by atoms with van der Waals surface area (Å²) in [6.45, 7) is 2.71. The average molecular weight is 501 g/mol. The summed E-state index contributed by atoms with van der Waals surface area (Å²) >= 11 is 0. The number of carbonyl (C=O) groups excluding carboxylic acids is 1. The fraction of sp³-hybridized carbons (Fsp3) is 0.720. The monoisotopic (exact) mass is 500 g/mol. The maximum absolute atomic E-state index is 13.4. The second-order valence-corrected chi connectivity index (χ2v) is 12.2. The van der Waals surface area contributed by atoms with Gasteiger partial charge in [-0.2, -0.15) is 17.5 Å². The molecule has 3 aliphatic carbocycles. The van der Waals surface area contributed by atoms with Crippen molar-refractivity contribution in [2.75, 3.05) is 13.1 Å². The lowest BCUT2D eigenvalue weighted by atomic mass is 9.63. The molecule has 3 saturated carbocycles. The van der Waals surface area contributed by atoms with Gasteiger partial charge in [0, 0.05) is 25.0 Å². The Morgan fingerprint density at radius 3 is 2.50 bits per heavy atom. The number of sulfonamides is 1. The topological polar surface area (TPSA) is 66.5 Å². The summed E-state index contributed by atoms with van der Waals surface area (Å²) in [5.41, 5.74) is -1.14. The number of hydrogen-bond acceptors (Lipinski definition) is 3. The maximum Gasteiger partial charge on any atom is 0.417 e. The van der Waals surface area contributed by atoms with E-state index in [1.807, 2.05) is 0 Å². The summed E-state index contributed by atoms with van der Waals surface area (Å²) in [5, 5.41) is 3.02. The Bertz CT molecular complexity index is 976. The smallest absolute Gasteiger partial charge is 0.356 e. The normalized spacial score (nSPS) is 30.3. The second-order valence-electron chi connectivity index (χ2n) is 10.4. The quantitative estimate of drug-likeness (QED) is 0.558. The van der Waals surface area contributed by atoms with Gasteiger partial charge in [-0.15, -0.1) is 0 Å². The summed E-state index contributed by atoms with van der Waals surface area (Å²) in [6, 6.07) is 3.93. The van der Waals surface area contributed by atoms with Gasteiger partial charge in [-0.25, -0.2) is 8.42 Å². The predicted octanol–water partition coefficient (Wildman–Crippen LogP) is 5.22. The first-order valence-electron chi connectivity index (χ1n) is 12.5. The SMILES string of the molecule is CC[C@H]1CC2CC(C2)C[C@H](C(=O)NCCC2CCCN2S(=O)(=O)c2ccccc2C(F)(F)F)C1. The summed E-state index contributed by atoms with van der Waals surface area (Å²) < 4.78 is 67.9. The van der Waals surface area contributed by atoms with Crippen LogP contribution in [0.5, 0.6) is 0 Å². The Kier molecular flexibility index (Phi) is 7.62. The van der Waals surface area contributed by atoms with Gasteiger partial charge >= 0.3 is 6.18 Å². The molecule has 4 fully saturated rings. The molecule has 0 radical (unpaired) electrons. The van der Waals surface area contributed by atoms with Gasteiger partial charge in [-0.05, 0) is 81.3 Å². The van der Waals surface area contributed by atoms with E-state index < -0.39 is 32.7 Å². The van der Waals surface area contributed by atoms with E-state index in [2.05, 4.69) is 12.2 Å². The van der Waals surface area contributed by atoms with E-state index in [9.17, 15) is 26.4 Å². The molecule has 1 unspecified atom stereocenters. The summed E-state index contributed by atoms with van der Waals surface area (Å²) in [4.78, 5) is 12.3. The number of fused-ring (bicyclic) bond motifs is 4. The predicted molar refractivity (Wildman–Crippen MR) is 123 cm³/mol. The highest BCUT2D eigenvalue weighted by Gasteiger charge is 2.42.